The van der Waals surface area contributed by atoms with Crippen LogP contribution in [-0.4, -0.2) is 26.8 Å². The van der Waals surface area contributed by atoms with E-state index in [9.17, 15) is 4.79 Å². The van der Waals surface area contributed by atoms with Gasteiger partial charge in [0, 0.05) is 25.6 Å². The van der Waals surface area contributed by atoms with E-state index < -0.39 is 0 Å². The molecule has 0 bridgehead atoms. The van der Waals surface area contributed by atoms with Crippen molar-refractivity contribution in [3.8, 4) is 11.9 Å². The third-order valence-corrected chi connectivity index (χ3v) is 3.62. The molecule has 3 aromatic rings. The van der Waals surface area contributed by atoms with Crippen molar-refractivity contribution in [2.45, 2.75) is 26.3 Å². The van der Waals surface area contributed by atoms with Crippen LogP contribution in [0.3, 0.4) is 0 Å². The minimum absolute atomic E-state index is 0.209. The van der Waals surface area contributed by atoms with Gasteiger partial charge in [0.25, 0.3) is 5.56 Å². The topological polar surface area (TPSA) is 107 Å². The average molecular weight is 325 g/mol. The molecule has 8 nitrogen and oxygen atoms in total. The Hall–Kier alpha value is -3.21. The Labute approximate surface area is 137 Å². The van der Waals surface area contributed by atoms with Crippen LogP contribution in [0.15, 0.2) is 27.6 Å². The number of rotatable bonds is 5. The maximum atomic E-state index is 12.6. The fourth-order valence-corrected chi connectivity index (χ4v) is 2.36. The first kappa shape index (κ1) is 15.7. The van der Waals surface area contributed by atoms with Crippen LogP contribution in [-0.2, 0) is 19.4 Å². The summed E-state index contributed by atoms with van der Waals surface area (Å²) in [6, 6.07) is 5.20. The Morgan fingerprint density at radius 1 is 1.42 bits per heavy atom. The lowest BCUT2D eigenvalue weighted by molar-refractivity contribution is 0.375. The normalized spacial score (nSPS) is 10.7. The van der Waals surface area contributed by atoms with E-state index in [0.29, 0.717) is 42.0 Å². The van der Waals surface area contributed by atoms with Crippen molar-refractivity contribution in [2.24, 2.45) is 0 Å². The molecule has 0 fully saturated rings. The van der Waals surface area contributed by atoms with Crippen LogP contribution < -0.4 is 10.3 Å². The molecule has 0 unspecified atom stereocenters. The number of nitrogens with zero attached hydrogens (tertiary/aromatic N) is 5. The Balaban J connectivity index is 1.93. The number of hydrogen-bond acceptors (Lipinski definition) is 7. The Kier molecular flexibility index (Phi) is 4.24. The van der Waals surface area contributed by atoms with Gasteiger partial charge in [0.2, 0.25) is 11.8 Å². The van der Waals surface area contributed by atoms with Crippen LogP contribution in [0.2, 0.25) is 0 Å². The summed E-state index contributed by atoms with van der Waals surface area (Å²) < 4.78 is 11.7. The first-order valence-corrected chi connectivity index (χ1v) is 7.46. The van der Waals surface area contributed by atoms with Gasteiger partial charge in [0.05, 0.1) is 18.0 Å². The summed E-state index contributed by atoms with van der Waals surface area (Å²) in [7, 11) is 1.44. The van der Waals surface area contributed by atoms with Crippen LogP contribution in [0.5, 0.6) is 5.88 Å². The van der Waals surface area contributed by atoms with E-state index in [-0.39, 0.29) is 17.0 Å². The monoisotopic (exact) mass is 325 g/mol. The lowest BCUT2D eigenvalue weighted by atomic mass is 10.2. The summed E-state index contributed by atoms with van der Waals surface area (Å²) in [5.41, 5.74) is 0.490. The molecule has 0 spiro atoms. The number of hydrogen-bond donors (Lipinski definition) is 0. The van der Waals surface area contributed by atoms with Gasteiger partial charge < -0.3 is 13.8 Å². The number of pyridine rings is 2. The SMILES string of the molecule is CCc1nc(CCn2ccc3nc(OC)c(C#N)cc3c2=O)no1. The average Bonchev–Trinajstić information content (AvgIpc) is 3.08. The van der Waals surface area contributed by atoms with Gasteiger partial charge in [0.15, 0.2) is 5.82 Å². The highest BCUT2D eigenvalue weighted by molar-refractivity contribution is 5.79. The van der Waals surface area contributed by atoms with Crippen LogP contribution in [0.4, 0.5) is 0 Å². The number of methoxy groups -OCH3 is 1. The first-order valence-electron chi connectivity index (χ1n) is 7.46. The molecule has 0 saturated carbocycles. The second kappa shape index (κ2) is 6.50. The van der Waals surface area contributed by atoms with E-state index in [1.54, 1.807) is 16.8 Å². The molecule has 0 radical (unpaired) electrons. The highest BCUT2D eigenvalue weighted by Gasteiger charge is 2.11. The molecule has 122 valence electrons. The zero-order valence-corrected chi connectivity index (χ0v) is 13.3. The van der Waals surface area contributed by atoms with Gasteiger partial charge in [-0.25, -0.2) is 4.98 Å². The molecule has 0 atom stereocenters. The van der Waals surface area contributed by atoms with Gasteiger partial charge in [-0.05, 0) is 12.1 Å². The largest absolute Gasteiger partial charge is 0.480 e. The summed E-state index contributed by atoms with van der Waals surface area (Å²) in [5.74, 6) is 1.34. The number of aryl methyl sites for hydroxylation is 3. The van der Waals surface area contributed by atoms with Gasteiger partial charge in [0.1, 0.15) is 11.6 Å². The van der Waals surface area contributed by atoms with Crippen molar-refractivity contribution in [1.82, 2.24) is 19.7 Å². The molecule has 8 heteroatoms. The Morgan fingerprint density at radius 3 is 2.92 bits per heavy atom. The van der Waals surface area contributed by atoms with Gasteiger partial charge in [-0.2, -0.15) is 10.2 Å². The highest BCUT2D eigenvalue weighted by atomic mass is 16.5. The van der Waals surface area contributed by atoms with Crippen LogP contribution >= 0.6 is 0 Å². The van der Waals surface area contributed by atoms with E-state index >= 15 is 0 Å². The molecule has 0 aliphatic heterocycles. The van der Waals surface area contributed by atoms with Crippen LogP contribution in [0, 0.1) is 11.3 Å². The van der Waals surface area contributed by atoms with Crippen molar-refractivity contribution >= 4 is 10.9 Å². The molecular formula is C16H15N5O3. The molecule has 0 N–H and O–H groups in total. The fourth-order valence-electron chi connectivity index (χ4n) is 2.36. The molecule has 3 aromatic heterocycles. The van der Waals surface area contributed by atoms with E-state index in [1.807, 2.05) is 13.0 Å². The molecule has 3 heterocycles. The van der Waals surface area contributed by atoms with E-state index in [1.165, 1.54) is 13.2 Å². The molecule has 3 rings (SSSR count). The Morgan fingerprint density at radius 2 is 2.25 bits per heavy atom. The number of aromatic nitrogens is 4. The summed E-state index contributed by atoms with van der Waals surface area (Å²) in [6.45, 7) is 2.34. The van der Waals surface area contributed by atoms with Crippen molar-refractivity contribution in [3.05, 3.63) is 46.0 Å². The van der Waals surface area contributed by atoms with Gasteiger partial charge in [-0.15, -0.1) is 0 Å². The minimum Gasteiger partial charge on any atom is -0.480 e. The number of nitriles is 1. The zero-order valence-electron chi connectivity index (χ0n) is 13.3. The van der Waals surface area contributed by atoms with Crippen molar-refractivity contribution in [1.29, 1.82) is 5.26 Å². The van der Waals surface area contributed by atoms with E-state index in [0.717, 1.165) is 0 Å². The summed E-state index contributed by atoms with van der Waals surface area (Å²) >= 11 is 0. The second-order valence-corrected chi connectivity index (χ2v) is 5.11. The molecular weight excluding hydrogens is 310 g/mol. The van der Waals surface area contributed by atoms with Crippen molar-refractivity contribution < 1.29 is 9.26 Å². The summed E-state index contributed by atoms with van der Waals surface area (Å²) in [5, 5.41) is 13.4. The lowest BCUT2D eigenvalue weighted by Crippen LogP contribution is -2.21. The standard InChI is InChI=1S/C16H15N5O3/c1-3-14-19-13(20-24-14)5-7-21-6-4-12-11(16(21)22)8-10(9-17)15(18-12)23-2/h4,6,8H,3,5,7H2,1-2H3. The number of fused-ring (bicyclic) bond motifs is 1. The molecule has 0 saturated heterocycles. The quantitative estimate of drug-likeness (QED) is 0.699. The van der Waals surface area contributed by atoms with E-state index in [2.05, 4.69) is 15.1 Å². The first-order chi connectivity index (χ1) is 11.7. The third-order valence-electron chi connectivity index (χ3n) is 3.62. The predicted molar refractivity (Wildman–Crippen MR) is 84.7 cm³/mol. The summed E-state index contributed by atoms with van der Waals surface area (Å²) in [6.07, 6.45) is 2.81. The smallest absolute Gasteiger partial charge is 0.260 e. The minimum atomic E-state index is -0.224. The van der Waals surface area contributed by atoms with Crippen LogP contribution in [0.25, 0.3) is 10.9 Å². The summed E-state index contributed by atoms with van der Waals surface area (Å²) in [4.78, 5) is 21.0. The Bertz CT molecular complexity index is 984. The van der Waals surface area contributed by atoms with Crippen molar-refractivity contribution in [3.63, 3.8) is 0 Å². The molecule has 0 aliphatic rings. The van der Waals surface area contributed by atoms with Gasteiger partial charge in [-0.1, -0.05) is 12.1 Å². The maximum absolute atomic E-state index is 12.6. The molecule has 0 aromatic carbocycles. The predicted octanol–water partition coefficient (Wildman–Crippen LogP) is 1.46. The zero-order chi connectivity index (χ0) is 17.1. The van der Waals surface area contributed by atoms with E-state index in [4.69, 9.17) is 14.5 Å². The van der Waals surface area contributed by atoms with Crippen LogP contribution in [0.1, 0.15) is 24.2 Å². The maximum Gasteiger partial charge on any atom is 0.260 e. The molecule has 0 amide bonds. The fraction of sp³-hybridized carbons (Fsp3) is 0.312. The molecule has 24 heavy (non-hydrogen) atoms. The van der Waals surface area contributed by atoms with Gasteiger partial charge in [-0.3, -0.25) is 4.79 Å². The van der Waals surface area contributed by atoms with Crippen molar-refractivity contribution in [2.75, 3.05) is 7.11 Å². The lowest BCUT2D eigenvalue weighted by Gasteiger charge is -2.07. The highest BCUT2D eigenvalue weighted by Crippen LogP contribution is 2.19. The number of ether oxygens (including phenoxy) is 1. The van der Waals surface area contributed by atoms with Gasteiger partial charge >= 0.3 is 0 Å². The third kappa shape index (κ3) is 2.84. The second-order valence-electron chi connectivity index (χ2n) is 5.11. The molecule has 0 aliphatic carbocycles.